The minimum Gasteiger partial charge on any atom is -0.481 e. The molecule has 0 saturated carbocycles. The minimum absolute atomic E-state index is 0.325. The number of likely N-dealkylation sites (tertiary alicyclic amines) is 1. The highest BCUT2D eigenvalue weighted by molar-refractivity contribution is 6.00. The van der Waals surface area contributed by atoms with Crippen molar-refractivity contribution in [2.45, 2.75) is 58.5 Å². The fraction of sp³-hybridized carbons (Fsp3) is 0.412. The lowest BCUT2D eigenvalue weighted by Gasteiger charge is -2.38. The molecule has 1 unspecified atom stereocenters. The molecule has 1 aromatic carbocycles. The molecule has 1 atom stereocenters. The van der Waals surface area contributed by atoms with Gasteiger partial charge in [-0.05, 0) is 77.3 Å². The second-order valence-electron chi connectivity index (χ2n) is 12.8. The first-order chi connectivity index (χ1) is 18.9. The van der Waals surface area contributed by atoms with Crippen molar-refractivity contribution in [3.8, 4) is 0 Å². The van der Waals surface area contributed by atoms with Gasteiger partial charge in [-0.3, -0.25) is 4.79 Å². The monoisotopic (exact) mass is 537 g/mol. The van der Waals surface area contributed by atoms with Crippen LogP contribution in [0.3, 0.4) is 0 Å². The Morgan fingerprint density at radius 1 is 1.05 bits per heavy atom. The normalized spacial score (nSPS) is 24.7. The van der Waals surface area contributed by atoms with Crippen molar-refractivity contribution >= 4 is 23.2 Å². The lowest BCUT2D eigenvalue weighted by molar-refractivity contribution is -0.149. The largest absolute Gasteiger partial charge is 0.481 e. The van der Waals surface area contributed by atoms with Gasteiger partial charge < -0.3 is 19.6 Å². The number of fused-ring (bicyclic) bond motifs is 1. The van der Waals surface area contributed by atoms with Crippen LogP contribution in [0, 0.1) is 12.0 Å². The van der Waals surface area contributed by atoms with Gasteiger partial charge in [0.2, 0.25) is 0 Å². The van der Waals surface area contributed by atoms with E-state index in [0.29, 0.717) is 11.1 Å². The quantitative estimate of drug-likeness (QED) is 0.390. The Morgan fingerprint density at radius 3 is 2.35 bits per heavy atom. The summed E-state index contributed by atoms with van der Waals surface area (Å²) in [5.74, 6) is -2.32. The maximum Gasteiger partial charge on any atom is 0.338 e. The van der Waals surface area contributed by atoms with Gasteiger partial charge in [-0.2, -0.15) is 0 Å². The molecule has 40 heavy (non-hydrogen) atoms. The summed E-state index contributed by atoms with van der Waals surface area (Å²) in [5, 5.41) is 10.3. The summed E-state index contributed by atoms with van der Waals surface area (Å²) in [6, 6.07) is 6.55. The molecule has 0 radical (unpaired) electrons. The second-order valence-corrected chi connectivity index (χ2v) is 12.8. The zero-order valence-corrected chi connectivity index (χ0v) is 24.0. The van der Waals surface area contributed by atoms with Crippen molar-refractivity contribution in [2.75, 3.05) is 31.1 Å². The average molecular weight is 538 g/mol. The molecule has 0 spiro atoms. The van der Waals surface area contributed by atoms with Gasteiger partial charge in [0, 0.05) is 49.1 Å². The summed E-state index contributed by atoms with van der Waals surface area (Å²) in [6.07, 6.45) is 15.1. The van der Waals surface area contributed by atoms with Gasteiger partial charge >= 0.3 is 11.9 Å². The van der Waals surface area contributed by atoms with Crippen molar-refractivity contribution in [1.29, 1.82) is 0 Å². The first kappa shape index (κ1) is 26.3. The predicted molar refractivity (Wildman–Crippen MR) is 157 cm³/mol. The highest BCUT2D eigenvalue weighted by Crippen LogP contribution is 2.52. The van der Waals surface area contributed by atoms with E-state index in [2.05, 4.69) is 54.0 Å². The smallest absolute Gasteiger partial charge is 0.338 e. The third kappa shape index (κ3) is 4.41. The molecule has 6 heteroatoms. The molecule has 0 amide bonds. The summed E-state index contributed by atoms with van der Waals surface area (Å²) in [4.78, 5) is 30.4. The Morgan fingerprint density at radius 2 is 1.75 bits per heavy atom. The highest BCUT2D eigenvalue weighted by atomic mass is 16.6. The first-order valence-corrected chi connectivity index (χ1v) is 14.3. The molecular weight excluding hydrogens is 500 g/mol. The maximum atomic E-state index is 13.1. The van der Waals surface area contributed by atoms with Gasteiger partial charge in [-0.25, -0.2) is 4.79 Å². The van der Waals surface area contributed by atoms with Crippen molar-refractivity contribution < 1.29 is 19.4 Å². The number of carboxylic acids is 1. The molecule has 206 valence electrons. The number of rotatable bonds is 4. The lowest BCUT2D eigenvalue weighted by Crippen LogP contribution is -2.38. The molecule has 2 aliphatic heterocycles. The summed E-state index contributed by atoms with van der Waals surface area (Å²) < 4.78 is 5.65. The van der Waals surface area contributed by atoms with Crippen LogP contribution < -0.4 is 4.90 Å². The van der Waals surface area contributed by atoms with Crippen LogP contribution in [-0.4, -0.2) is 53.7 Å². The Labute approximate surface area is 236 Å². The first-order valence-electron chi connectivity index (χ1n) is 14.3. The number of allylic oxidation sites excluding steroid dienone is 7. The number of aliphatic carboxylic acids is 1. The number of anilines is 1. The number of nitrogens with zero attached hydrogens (tertiary/aromatic N) is 2. The zero-order chi connectivity index (χ0) is 28.4. The van der Waals surface area contributed by atoms with Gasteiger partial charge in [0.05, 0.1) is 34.3 Å². The van der Waals surface area contributed by atoms with Crippen LogP contribution in [0.25, 0.3) is 5.57 Å². The standard InChI is InChI=1S/C34H36N2O4/c1-33(2,3)40-32(39)21-8-11-24(31(37)38)27(18-21)30-25-12-9-22(35-14-6-15-35)19-28(25)34(4,5)29-20-23(10-13-26(29)30)36-16-7-17-36/h8-12,18-20,24H,6-7,14-17H2,1-5H3/p+1. The van der Waals surface area contributed by atoms with Gasteiger partial charge in [-0.1, -0.05) is 12.2 Å². The SMILES string of the molecule is CC(C)(C)OC(=O)C1=CC(=C2C3=C(C=C(N4CCC4)C=[C+]3)C(C)(C)c3cc(N4CCC4)ccc32)C(C(=O)O)C=C1. The van der Waals surface area contributed by atoms with E-state index in [1.807, 2.05) is 26.8 Å². The molecule has 0 bridgehead atoms. The molecule has 2 fully saturated rings. The lowest BCUT2D eigenvalue weighted by atomic mass is 9.64. The number of hydrogen-bond acceptors (Lipinski definition) is 5. The maximum absolute atomic E-state index is 13.1. The van der Waals surface area contributed by atoms with Gasteiger partial charge in [-0.15, -0.1) is 0 Å². The minimum atomic E-state index is -0.958. The van der Waals surface area contributed by atoms with E-state index in [1.165, 1.54) is 18.5 Å². The molecular formula is C34H37N2O4+. The van der Waals surface area contributed by atoms with Crippen LogP contribution in [0.1, 0.15) is 58.6 Å². The van der Waals surface area contributed by atoms with Crippen molar-refractivity contribution in [2.24, 2.45) is 5.92 Å². The topological polar surface area (TPSA) is 70.1 Å². The zero-order valence-electron chi connectivity index (χ0n) is 24.0. The summed E-state index contributed by atoms with van der Waals surface area (Å²) in [5.41, 5.74) is 7.28. The third-order valence-corrected chi connectivity index (χ3v) is 8.54. The molecule has 2 heterocycles. The van der Waals surface area contributed by atoms with Crippen LogP contribution >= 0.6 is 0 Å². The van der Waals surface area contributed by atoms with E-state index >= 15 is 0 Å². The number of carbonyl (C=O) groups excluding carboxylic acids is 1. The summed E-state index contributed by atoms with van der Waals surface area (Å²) >= 11 is 0. The number of benzene rings is 1. The third-order valence-electron chi connectivity index (χ3n) is 8.54. The van der Waals surface area contributed by atoms with Gasteiger partial charge in [0.1, 0.15) is 17.2 Å². The Balaban J connectivity index is 1.60. The van der Waals surface area contributed by atoms with Gasteiger partial charge in [0.25, 0.3) is 0 Å². The van der Waals surface area contributed by atoms with E-state index in [1.54, 1.807) is 18.2 Å². The van der Waals surface area contributed by atoms with Crippen molar-refractivity contribution in [3.63, 3.8) is 0 Å². The number of esters is 1. The molecule has 6 nitrogen and oxygen atoms in total. The molecule has 6 rings (SSSR count). The van der Waals surface area contributed by atoms with Crippen LogP contribution in [0.5, 0.6) is 0 Å². The van der Waals surface area contributed by atoms with Crippen LogP contribution in [-0.2, 0) is 19.7 Å². The Hall–Kier alpha value is -3.89. The number of carboxylic acid groups (broad SMARTS) is 1. The predicted octanol–water partition coefficient (Wildman–Crippen LogP) is 5.74. The van der Waals surface area contributed by atoms with Crippen molar-refractivity contribution in [1.82, 2.24) is 4.90 Å². The van der Waals surface area contributed by atoms with E-state index in [-0.39, 0.29) is 5.41 Å². The Kier molecular flexibility index (Phi) is 6.15. The van der Waals surface area contributed by atoms with Crippen molar-refractivity contribution in [3.05, 3.63) is 93.8 Å². The molecule has 0 aromatic heterocycles. The summed E-state index contributed by atoms with van der Waals surface area (Å²) in [6.45, 7) is 14.1. The average Bonchev–Trinajstić information content (AvgIpc) is 2.81. The molecule has 1 N–H and O–H groups in total. The van der Waals surface area contributed by atoms with E-state index in [0.717, 1.165) is 59.7 Å². The van der Waals surface area contributed by atoms with Crippen LogP contribution in [0.2, 0.25) is 0 Å². The summed E-state index contributed by atoms with van der Waals surface area (Å²) in [7, 11) is 0. The fourth-order valence-electron chi connectivity index (χ4n) is 6.08. The van der Waals surface area contributed by atoms with Crippen LogP contribution in [0.15, 0.2) is 76.6 Å². The second kappa shape index (κ2) is 9.35. The van der Waals surface area contributed by atoms with E-state index in [9.17, 15) is 14.7 Å². The molecule has 5 aliphatic rings. The molecule has 3 aliphatic carbocycles. The van der Waals surface area contributed by atoms with E-state index in [4.69, 9.17) is 4.74 Å². The molecule has 1 aromatic rings. The highest BCUT2D eigenvalue weighted by Gasteiger charge is 2.46. The van der Waals surface area contributed by atoms with Crippen LogP contribution in [0.4, 0.5) is 5.69 Å². The number of carbonyl (C=O) groups is 2. The Bertz CT molecular complexity index is 1480. The fourth-order valence-corrected chi connectivity index (χ4v) is 6.08. The number of ether oxygens (including phenoxy) is 1. The van der Waals surface area contributed by atoms with Gasteiger partial charge in [0.15, 0.2) is 5.57 Å². The molecule has 2 saturated heterocycles. The number of hydrogen-bond donors (Lipinski definition) is 1. The van der Waals surface area contributed by atoms with E-state index < -0.39 is 23.5 Å².